The monoisotopic (exact) mass is 285 g/mol. The van der Waals surface area contributed by atoms with Gasteiger partial charge in [0.05, 0.1) is 18.4 Å². The molecule has 20 heavy (non-hydrogen) atoms. The third-order valence-corrected chi connectivity index (χ3v) is 3.04. The van der Waals surface area contributed by atoms with E-state index in [0.29, 0.717) is 5.56 Å². The molecular weight excluding hydrogens is 272 g/mol. The van der Waals surface area contributed by atoms with Crippen molar-refractivity contribution >= 4 is 17.7 Å². The van der Waals surface area contributed by atoms with Crippen molar-refractivity contribution in [2.75, 3.05) is 12.4 Å². The molecule has 0 unspecified atom stereocenters. The number of hydrogen-bond acceptors (Lipinski definition) is 4. The van der Waals surface area contributed by atoms with Crippen molar-refractivity contribution in [2.24, 2.45) is 0 Å². The lowest BCUT2D eigenvalue weighted by molar-refractivity contribution is 0.0414. The Hall–Kier alpha value is -2.18. The molecule has 0 fully saturated rings. The Morgan fingerprint density at radius 2 is 2.05 bits per heavy atom. The van der Waals surface area contributed by atoms with Gasteiger partial charge >= 0.3 is 12.1 Å². The summed E-state index contributed by atoms with van der Waals surface area (Å²) in [5.41, 5.74) is -1.13. The molecule has 1 aromatic rings. The summed E-state index contributed by atoms with van der Waals surface area (Å²) in [4.78, 5) is 23.2. The highest BCUT2D eigenvalue weighted by Gasteiger charge is 2.37. The van der Waals surface area contributed by atoms with Gasteiger partial charge in [0, 0.05) is 11.1 Å². The second kappa shape index (κ2) is 4.73. The van der Waals surface area contributed by atoms with E-state index in [2.05, 4.69) is 10.1 Å². The van der Waals surface area contributed by atoms with Gasteiger partial charge in [0.15, 0.2) is 0 Å². The van der Waals surface area contributed by atoms with Crippen molar-refractivity contribution in [1.29, 1.82) is 0 Å². The number of methoxy groups -OCH3 is 1. The third kappa shape index (κ3) is 2.31. The first-order valence-corrected chi connectivity index (χ1v) is 5.81. The van der Waals surface area contributed by atoms with Crippen LogP contribution in [0.3, 0.4) is 0 Å². The second-order valence-corrected chi connectivity index (χ2v) is 4.81. The summed E-state index contributed by atoms with van der Waals surface area (Å²) in [5, 5.41) is 2.36. The highest BCUT2D eigenvalue weighted by Crippen LogP contribution is 2.40. The standard InChI is InChI=1S/C13H13F2NO4/c1-13(2)8-5-6(10(14)15)4-7(11(17)19-3)9(8)16-12(18)20-13/h4-5,10H,1-3H3,(H,16,18). The molecular formula is C13H13F2NO4. The van der Waals surface area contributed by atoms with Crippen molar-refractivity contribution in [2.45, 2.75) is 25.9 Å². The van der Waals surface area contributed by atoms with Crippen LogP contribution in [0.4, 0.5) is 19.3 Å². The summed E-state index contributed by atoms with van der Waals surface area (Å²) in [6, 6.07) is 2.23. The Kier molecular flexibility index (Phi) is 3.37. The van der Waals surface area contributed by atoms with Crippen molar-refractivity contribution in [3.05, 3.63) is 28.8 Å². The largest absolute Gasteiger partial charge is 0.465 e. The number of rotatable bonds is 2. The average molecular weight is 285 g/mol. The number of fused-ring (bicyclic) bond motifs is 1. The number of halogens is 2. The van der Waals surface area contributed by atoms with E-state index in [9.17, 15) is 18.4 Å². The van der Waals surface area contributed by atoms with Gasteiger partial charge in [0.25, 0.3) is 6.43 Å². The molecule has 0 atom stereocenters. The quantitative estimate of drug-likeness (QED) is 0.847. The Morgan fingerprint density at radius 1 is 1.40 bits per heavy atom. The maximum Gasteiger partial charge on any atom is 0.412 e. The van der Waals surface area contributed by atoms with Crippen LogP contribution in [0.25, 0.3) is 0 Å². The van der Waals surface area contributed by atoms with Gasteiger partial charge in [-0.1, -0.05) is 0 Å². The minimum absolute atomic E-state index is 0.120. The molecule has 0 bridgehead atoms. The van der Waals surface area contributed by atoms with E-state index < -0.39 is 24.1 Å². The highest BCUT2D eigenvalue weighted by molar-refractivity contribution is 6.02. The number of nitrogens with one attached hydrogen (secondary N) is 1. The van der Waals surface area contributed by atoms with Crippen LogP contribution in [0, 0.1) is 0 Å². The summed E-state index contributed by atoms with van der Waals surface area (Å²) in [5.74, 6) is -0.804. The van der Waals surface area contributed by atoms with Gasteiger partial charge in [-0.15, -0.1) is 0 Å². The molecule has 0 spiro atoms. The molecule has 7 heteroatoms. The minimum atomic E-state index is -2.75. The van der Waals surface area contributed by atoms with Crippen LogP contribution in [0.2, 0.25) is 0 Å². The summed E-state index contributed by atoms with van der Waals surface area (Å²) in [6.45, 7) is 3.11. The van der Waals surface area contributed by atoms with Crippen LogP contribution in [-0.2, 0) is 15.1 Å². The predicted molar refractivity (Wildman–Crippen MR) is 65.9 cm³/mol. The smallest absolute Gasteiger partial charge is 0.412 e. The van der Waals surface area contributed by atoms with E-state index in [1.54, 1.807) is 13.8 Å². The molecule has 0 saturated carbocycles. The van der Waals surface area contributed by atoms with Crippen LogP contribution in [0.5, 0.6) is 0 Å². The van der Waals surface area contributed by atoms with Crippen molar-refractivity contribution in [3.8, 4) is 0 Å². The topological polar surface area (TPSA) is 64.6 Å². The molecule has 1 heterocycles. The van der Waals surface area contributed by atoms with E-state index in [0.717, 1.165) is 13.2 Å². The van der Waals surface area contributed by atoms with E-state index in [-0.39, 0.29) is 16.8 Å². The van der Waals surface area contributed by atoms with E-state index in [1.165, 1.54) is 6.07 Å². The summed E-state index contributed by atoms with van der Waals surface area (Å²) >= 11 is 0. The summed E-state index contributed by atoms with van der Waals surface area (Å²) in [7, 11) is 1.13. The number of alkyl halides is 2. The van der Waals surface area contributed by atoms with Gasteiger partial charge in [0.2, 0.25) is 0 Å². The lowest BCUT2D eigenvalue weighted by atomic mass is 9.90. The van der Waals surface area contributed by atoms with Crippen LogP contribution >= 0.6 is 0 Å². The average Bonchev–Trinajstić information content (AvgIpc) is 2.35. The minimum Gasteiger partial charge on any atom is -0.465 e. The van der Waals surface area contributed by atoms with Gasteiger partial charge in [-0.25, -0.2) is 18.4 Å². The molecule has 0 radical (unpaired) electrons. The maximum atomic E-state index is 12.9. The highest BCUT2D eigenvalue weighted by atomic mass is 19.3. The molecule has 108 valence electrons. The second-order valence-electron chi connectivity index (χ2n) is 4.81. The Morgan fingerprint density at radius 3 is 2.60 bits per heavy atom. The lowest BCUT2D eigenvalue weighted by Crippen LogP contribution is -2.36. The first kappa shape index (κ1) is 14.2. The number of amides is 1. The molecule has 1 aliphatic rings. The van der Waals surface area contributed by atoms with Gasteiger partial charge in [-0.05, 0) is 26.0 Å². The molecule has 2 rings (SSSR count). The van der Waals surface area contributed by atoms with Gasteiger partial charge in [0.1, 0.15) is 5.60 Å². The molecule has 0 aliphatic carbocycles. The number of carbonyl (C=O) groups excluding carboxylic acids is 2. The molecule has 1 amide bonds. The van der Waals surface area contributed by atoms with Crippen molar-refractivity contribution in [3.63, 3.8) is 0 Å². The normalized spacial score (nSPS) is 16.2. The maximum absolute atomic E-state index is 12.9. The molecule has 1 aromatic carbocycles. The summed E-state index contributed by atoms with van der Waals surface area (Å²) < 4.78 is 35.5. The van der Waals surface area contributed by atoms with Crippen LogP contribution in [-0.4, -0.2) is 19.2 Å². The molecule has 0 saturated heterocycles. The first-order valence-electron chi connectivity index (χ1n) is 5.81. The number of cyclic esters (lactones) is 1. The van der Waals surface area contributed by atoms with E-state index in [4.69, 9.17) is 4.74 Å². The fourth-order valence-corrected chi connectivity index (χ4v) is 2.09. The SMILES string of the molecule is COC(=O)c1cc(C(F)F)cc2c1NC(=O)OC2(C)C. The van der Waals surface area contributed by atoms with Crippen LogP contribution in [0.15, 0.2) is 12.1 Å². The van der Waals surface area contributed by atoms with Gasteiger partial charge in [-0.2, -0.15) is 0 Å². The predicted octanol–water partition coefficient (Wildman–Crippen LogP) is 3.21. The van der Waals surface area contributed by atoms with Gasteiger partial charge in [-0.3, -0.25) is 5.32 Å². The number of esters is 1. The fraction of sp³-hybridized carbons (Fsp3) is 0.385. The van der Waals surface area contributed by atoms with Crippen molar-refractivity contribution < 1.29 is 27.8 Å². The zero-order chi connectivity index (χ0) is 15.1. The van der Waals surface area contributed by atoms with Gasteiger partial charge < -0.3 is 9.47 Å². The summed E-state index contributed by atoms with van der Waals surface area (Å²) in [6.07, 6.45) is -3.51. The number of carbonyl (C=O) groups is 2. The third-order valence-electron chi connectivity index (χ3n) is 3.04. The number of ether oxygens (including phenoxy) is 2. The Bertz CT molecular complexity index is 584. The molecule has 1 aliphatic heterocycles. The lowest BCUT2D eigenvalue weighted by Gasteiger charge is -2.33. The van der Waals surface area contributed by atoms with Crippen LogP contribution in [0.1, 0.15) is 41.8 Å². The van der Waals surface area contributed by atoms with Crippen LogP contribution < -0.4 is 5.32 Å². The molecule has 0 aromatic heterocycles. The Balaban J connectivity index is 2.72. The first-order chi connectivity index (χ1) is 9.26. The zero-order valence-corrected chi connectivity index (χ0v) is 11.1. The Labute approximate surface area is 113 Å². The van der Waals surface area contributed by atoms with Crippen molar-refractivity contribution in [1.82, 2.24) is 0 Å². The molecule has 1 N–H and O–H groups in total. The fourth-order valence-electron chi connectivity index (χ4n) is 2.09. The zero-order valence-electron chi connectivity index (χ0n) is 11.1. The van der Waals surface area contributed by atoms with E-state index >= 15 is 0 Å². The number of benzene rings is 1. The number of hydrogen-bond donors (Lipinski definition) is 1. The number of anilines is 1. The molecule has 5 nitrogen and oxygen atoms in total. The van der Waals surface area contributed by atoms with E-state index in [1.807, 2.05) is 0 Å².